The molecule has 0 spiro atoms. The maximum absolute atomic E-state index is 12.1. The van der Waals surface area contributed by atoms with Gasteiger partial charge in [0.15, 0.2) is 0 Å². The van der Waals surface area contributed by atoms with Gasteiger partial charge in [-0.2, -0.15) is 0 Å². The highest BCUT2D eigenvalue weighted by molar-refractivity contribution is 7.99. The fraction of sp³-hybridized carbons (Fsp3) is 0.200. The minimum Gasteiger partial charge on any atom is -0.467 e. The molecule has 3 rings (SSSR count). The Labute approximate surface area is 147 Å². The molecule has 7 nitrogen and oxygen atoms in total. The second-order valence-electron chi connectivity index (χ2n) is 4.77. The number of anilines is 1. The third-order valence-corrected chi connectivity index (χ3v) is 4.75. The molecule has 0 fully saturated rings. The van der Waals surface area contributed by atoms with Crippen LogP contribution in [0.15, 0.2) is 57.1 Å². The van der Waals surface area contributed by atoms with Gasteiger partial charge in [-0.3, -0.25) is 4.79 Å². The summed E-state index contributed by atoms with van der Waals surface area (Å²) in [7, 11) is 0. The molecule has 24 heavy (non-hydrogen) atoms. The van der Waals surface area contributed by atoms with E-state index in [2.05, 4.69) is 20.8 Å². The molecule has 0 bridgehead atoms. The first-order valence-electron chi connectivity index (χ1n) is 7.10. The lowest BCUT2D eigenvalue weighted by molar-refractivity contribution is -0.113. The molecule has 0 unspecified atom stereocenters. The third-order valence-electron chi connectivity index (χ3n) is 3.07. The molecule has 0 saturated carbocycles. The predicted octanol–water partition coefficient (Wildman–Crippen LogP) is 2.77. The maximum Gasteiger partial charge on any atom is 0.234 e. The van der Waals surface area contributed by atoms with Crippen LogP contribution in [0.3, 0.4) is 0 Å². The van der Waals surface area contributed by atoms with Crippen LogP contribution in [0, 0.1) is 0 Å². The quantitative estimate of drug-likeness (QED) is 0.648. The zero-order valence-electron chi connectivity index (χ0n) is 12.9. The molecule has 1 amide bonds. The highest BCUT2D eigenvalue weighted by Gasteiger charge is 2.11. The number of carbonyl (C=O) groups excluding carboxylic acids is 1. The van der Waals surface area contributed by atoms with Crippen LogP contribution in [-0.4, -0.2) is 38.1 Å². The summed E-state index contributed by atoms with van der Waals surface area (Å²) in [6.45, 7) is 0.430. The van der Waals surface area contributed by atoms with Crippen LogP contribution < -0.4 is 5.32 Å². The number of amides is 1. The lowest BCUT2D eigenvalue weighted by Gasteiger charge is -2.06. The number of carbonyl (C=O) groups is 1. The van der Waals surface area contributed by atoms with Gasteiger partial charge in [0.25, 0.3) is 0 Å². The van der Waals surface area contributed by atoms with E-state index in [1.165, 1.54) is 11.8 Å². The van der Waals surface area contributed by atoms with E-state index in [0.29, 0.717) is 11.7 Å². The largest absolute Gasteiger partial charge is 0.467 e. The first kappa shape index (κ1) is 16.6. The van der Waals surface area contributed by atoms with E-state index in [-0.39, 0.29) is 11.7 Å². The van der Waals surface area contributed by atoms with E-state index in [4.69, 9.17) is 4.42 Å². The zero-order chi connectivity index (χ0) is 16.8. The minimum atomic E-state index is -0.106. The fourth-order valence-corrected chi connectivity index (χ4v) is 3.11. The van der Waals surface area contributed by atoms with Gasteiger partial charge in [-0.25, -0.2) is 4.68 Å². The van der Waals surface area contributed by atoms with Gasteiger partial charge in [0.05, 0.1) is 12.0 Å². The topological polar surface area (TPSA) is 85.8 Å². The fourth-order valence-electron chi connectivity index (χ4n) is 1.98. The number of furan rings is 1. The van der Waals surface area contributed by atoms with Crippen molar-refractivity contribution >= 4 is 35.1 Å². The number of tetrazole rings is 1. The molecular weight excluding hydrogens is 346 g/mol. The van der Waals surface area contributed by atoms with Gasteiger partial charge in [-0.1, -0.05) is 17.8 Å². The third kappa shape index (κ3) is 4.39. The van der Waals surface area contributed by atoms with E-state index < -0.39 is 0 Å². The van der Waals surface area contributed by atoms with Gasteiger partial charge in [0.1, 0.15) is 12.3 Å². The maximum atomic E-state index is 12.1. The number of nitrogens with one attached hydrogen (secondary N) is 1. The predicted molar refractivity (Wildman–Crippen MR) is 93.2 cm³/mol. The van der Waals surface area contributed by atoms with E-state index >= 15 is 0 Å². The van der Waals surface area contributed by atoms with Crippen molar-refractivity contribution in [1.29, 1.82) is 0 Å². The molecule has 2 aromatic heterocycles. The zero-order valence-corrected chi connectivity index (χ0v) is 14.5. The van der Waals surface area contributed by atoms with Crippen molar-refractivity contribution in [2.45, 2.75) is 16.6 Å². The first-order valence-corrected chi connectivity index (χ1v) is 9.31. The van der Waals surface area contributed by atoms with E-state index in [1.807, 2.05) is 42.7 Å². The van der Waals surface area contributed by atoms with Crippen molar-refractivity contribution in [1.82, 2.24) is 20.2 Å². The van der Waals surface area contributed by atoms with Crippen molar-refractivity contribution in [3.8, 4) is 0 Å². The lowest BCUT2D eigenvalue weighted by Crippen LogP contribution is -2.14. The van der Waals surface area contributed by atoms with Gasteiger partial charge < -0.3 is 9.73 Å². The minimum absolute atomic E-state index is 0.106. The van der Waals surface area contributed by atoms with Gasteiger partial charge in [-0.15, -0.1) is 16.9 Å². The average Bonchev–Trinajstić information content (AvgIpc) is 3.25. The highest BCUT2D eigenvalue weighted by Crippen LogP contribution is 2.20. The number of aromatic nitrogens is 4. The number of thioether (sulfide) groups is 2. The summed E-state index contributed by atoms with van der Waals surface area (Å²) in [6, 6.07) is 11.4. The number of benzene rings is 1. The molecular formula is C15H15N5O2S2. The molecule has 0 saturated heterocycles. The summed E-state index contributed by atoms with van der Waals surface area (Å²) in [4.78, 5) is 13.2. The summed E-state index contributed by atoms with van der Waals surface area (Å²) < 4.78 is 6.88. The molecule has 1 aromatic carbocycles. The molecule has 2 heterocycles. The Morgan fingerprint density at radius 2 is 2.25 bits per heavy atom. The summed E-state index contributed by atoms with van der Waals surface area (Å²) >= 11 is 2.91. The lowest BCUT2D eigenvalue weighted by atomic mass is 10.3. The molecule has 3 aromatic rings. The van der Waals surface area contributed by atoms with Crippen LogP contribution in [-0.2, 0) is 11.3 Å². The van der Waals surface area contributed by atoms with E-state index in [0.717, 1.165) is 16.3 Å². The van der Waals surface area contributed by atoms with Crippen LogP contribution in [0.1, 0.15) is 5.76 Å². The van der Waals surface area contributed by atoms with E-state index in [9.17, 15) is 4.79 Å². The van der Waals surface area contributed by atoms with Crippen LogP contribution >= 0.6 is 23.5 Å². The monoisotopic (exact) mass is 361 g/mol. The molecule has 124 valence electrons. The van der Waals surface area contributed by atoms with Crippen LogP contribution in [0.25, 0.3) is 0 Å². The van der Waals surface area contributed by atoms with Gasteiger partial charge in [0, 0.05) is 10.6 Å². The summed E-state index contributed by atoms with van der Waals surface area (Å²) in [5, 5.41) is 15.0. The SMILES string of the molecule is CSc1cccc(NC(=O)CSc2nnnn2Cc2ccco2)c1. The summed E-state index contributed by atoms with van der Waals surface area (Å²) in [5.41, 5.74) is 0.780. The van der Waals surface area contributed by atoms with Crippen molar-refractivity contribution in [3.05, 3.63) is 48.4 Å². The smallest absolute Gasteiger partial charge is 0.234 e. The average molecular weight is 361 g/mol. The molecule has 1 N–H and O–H groups in total. The first-order chi connectivity index (χ1) is 11.7. The van der Waals surface area contributed by atoms with E-state index in [1.54, 1.807) is 22.7 Å². The number of rotatable bonds is 7. The normalized spacial score (nSPS) is 10.7. The molecule has 0 aliphatic carbocycles. The standard InChI is InChI=1S/C15H15N5O2S2/c1-23-13-6-2-4-11(8-13)16-14(21)10-24-15-17-18-19-20(15)9-12-5-3-7-22-12/h2-8H,9-10H2,1H3,(H,16,21). The molecule has 0 aliphatic heterocycles. The highest BCUT2D eigenvalue weighted by atomic mass is 32.2. The van der Waals surface area contributed by atoms with Crippen molar-refractivity contribution in [3.63, 3.8) is 0 Å². The Morgan fingerprint density at radius 3 is 3.04 bits per heavy atom. The van der Waals surface area contributed by atoms with Gasteiger partial charge >= 0.3 is 0 Å². The Hall–Kier alpha value is -2.26. The van der Waals surface area contributed by atoms with Crippen molar-refractivity contribution in [2.24, 2.45) is 0 Å². The van der Waals surface area contributed by atoms with Crippen molar-refractivity contribution < 1.29 is 9.21 Å². The van der Waals surface area contributed by atoms with Crippen molar-refractivity contribution in [2.75, 3.05) is 17.3 Å². The Bertz CT molecular complexity index is 804. The molecule has 9 heteroatoms. The second-order valence-corrected chi connectivity index (χ2v) is 6.59. The molecule has 0 atom stereocenters. The Morgan fingerprint density at radius 1 is 1.33 bits per heavy atom. The summed E-state index contributed by atoms with van der Waals surface area (Å²) in [5.74, 6) is 0.871. The van der Waals surface area contributed by atoms with Gasteiger partial charge in [-0.05, 0) is 47.0 Å². The number of nitrogens with zero attached hydrogens (tertiary/aromatic N) is 4. The van der Waals surface area contributed by atoms with Crippen LogP contribution in [0.5, 0.6) is 0 Å². The van der Waals surface area contributed by atoms with Crippen LogP contribution in [0.4, 0.5) is 5.69 Å². The van der Waals surface area contributed by atoms with Gasteiger partial charge in [0.2, 0.25) is 11.1 Å². The molecule has 0 aliphatic rings. The second kappa shape index (κ2) is 8.02. The number of hydrogen-bond donors (Lipinski definition) is 1. The summed E-state index contributed by atoms with van der Waals surface area (Å²) in [6.07, 6.45) is 3.60. The Kier molecular flexibility index (Phi) is 5.55. The number of hydrogen-bond acceptors (Lipinski definition) is 7. The van der Waals surface area contributed by atoms with Crippen LogP contribution in [0.2, 0.25) is 0 Å². The molecule has 0 radical (unpaired) electrons. The Balaban J connectivity index is 1.55.